The zero-order valence-electron chi connectivity index (χ0n) is 11.2. The van der Waals surface area contributed by atoms with Crippen LogP contribution >= 0.6 is 11.6 Å². The van der Waals surface area contributed by atoms with Gasteiger partial charge in [-0.3, -0.25) is 0 Å². The second-order valence-corrected chi connectivity index (χ2v) is 5.55. The van der Waals surface area contributed by atoms with Gasteiger partial charge in [-0.25, -0.2) is 0 Å². The van der Waals surface area contributed by atoms with Gasteiger partial charge in [0.2, 0.25) is 0 Å². The Morgan fingerprint density at radius 1 is 1.33 bits per heavy atom. The van der Waals surface area contributed by atoms with Crippen LogP contribution in [-0.4, -0.2) is 29.2 Å². The molecule has 0 aromatic carbocycles. The highest BCUT2D eigenvalue weighted by atomic mass is 35.5. The predicted molar refractivity (Wildman–Crippen MR) is 73.4 cm³/mol. The smallest absolute Gasteiger partial charge is 0.320 e. The van der Waals surface area contributed by atoms with E-state index >= 15 is 0 Å². The van der Waals surface area contributed by atoms with E-state index in [1.807, 2.05) is 19.9 Å². The first kappa shape index (κ1) is 13.4. The summed E-state index contributed by atoms with van der Waals surface area (Å²) in [6.45, 7) is 8.24. The van der Waals surface area contributed by atoms with Crippen molar-refractivity contribution in [3.05, 3.63) is 11.2 Å². The Morgan fingerprint density at radius 3 is 2.61 bits per heavy atom. The van der Waals surface area contributed by atoms with Crippen molar-refractivity contribution in [1.29, 1.82) is 0 Å². The van der Waals surface area contributed by atoms with Crippen molar-refractivity contribution in [1.82, 2.24) is 9.97 Å². The molecule has 5 heteroatoms. The van der Waals surface area contributed by atoms with E-state index in [4.69, 9.17) is 16.3 Å². The SMILES string of the molecule is CC1CCN(c2cc(Cl)nc(OC(C)C)n2)CC1. The first-order valence-electron chi connectivity index (χ1n) is 6.51. The molecular formula is C13H20ClN3O. The highest BCUT2D eigenvalue weighted by Gasteiger charge is 2.18. The predicted octanol–water partition coefficient (Wildman–Crippen LogP) is 3.15. The van der Waals surface area contributed by atoms with Gasteiger partial charge in [-0.1, -0.05) is 18.5 Å². The summed E-state index contributed by atoms with van der Waals surface area (Å²) in [5.41, 5.74) is 0. The van der Waals surface area contributed by atoms with Gasteiger partial charge in [-0.15, -0.1) is 0 Å². The lowest BCUT2D eigenvalue weighted by molar-refractivity contribution is 0.222. The van der Waals surface area contributed by atoms with Crippen LogP contribution in [0.5, 0.6) is 6.01 Å². The van der Waals surface area contributed by atoms with Gasteiger partial charge in [0.05, 0.1) is 6.10 Å². The normalized spacial score (nSPS) is 17.3. The molecule has 0 bridgehead atoms. The Kier molecular flexibility index (Phi) is 4.27. The molecule has 0 radical (unpaired) electrons. The van der Waals surface area contributed by atoms with Crippen LogP contribution in [0, 0.1) is 5.92 Å². The first-order valence-corrected chi connectivity index (χ1v) is 6.88. The molecule has 1 aromatic rings. The monoisotopic (exact) mass is 269 g/mol. The summed E-state index contributed by atoms with van der Waals surface area (Å²) >= 11 is 6.02. The molecule has 0 N–H and O–H groups in total. The number of ether oxygens (including phenoxy) is 1. The van der Waals surface area contributed by atoms with Gasteiger partial charge in [0.25, 0.3) is 0 Å². The second kappa shape index (κ2) is 5.74. The van der Waals surface area contributed by atoms with Crippen molar-refractivity contribution < 1.29 is 4.74 Å². The Balaban J connectivity index is 2.14. The number of halogens is 1. The van der Waals surface area contributed by atoms with E-state index in [1.54, 1.807) is 0 Å². The first-order chi connectivity index (χ1) is 8.54. The van der Waals surface area contributed by atoms with E-state index in [1.165, 1.54) is 12.8 Å². The van der Waals surface area contributed by atoms with Gasteiger partial charge < -0.3 is 9.64 Å². The largest absolute Gasteiger partial charge is 0.461 e. The zero-order chi connectivity index (χ0) is 13.1. The van der Waals surface area contributed by atoms with Crippen LogP contribution in [0.25, 0.3) is 0 Å². The summed E-state index contributed by atoms with van der Waals surface area (Å²) < 4.78 is 5.51. The summed E-state index contributed by atoms with van der Waals surface area (Å²) in [6.07, 6.45) is 2.45. The molecule has 4 nitrogen and oxygen atoms in total. The van der Waals surface area contributed by atoms with E-state index in [2.05, 4.69) is 21.8 Å². The lowest BCUT2D eigenvalue weighted by atomic mass is 9.99. The third-order valence-corrected chi connectivity index (χ3v) is 3.30. The number of hydrogen-bond donors (Lipinski definition) is 0. The van der Waals surface area contributed by atoms with Crippen LogP contribution in [0.1, 0.15) is 33.6 Å². The molecule has 0 spiro atoms. The van der Waals surface area contributed by atoms with Crippen molar-refractivity contribution in [3.63, 3.8) is 0 Å². The average molecular weight is 270 g/mol. The second-order valence-electron chi connectivity index (χ2n) is 5.17. The number of hydrogen-bond acceptors (Lipinski definition) is 4. The van der Waals surface area contributed by atoms with Crippen LogP contribution in [0.15, 0.2) is 6.07 Å². The van der Waals surface area contributed by atoms with E-state index in [0.29, 0.717) is 11.2 Å². The molecule has 1 aromatic heterocycles. The van der Waals surface area contributed by atoms with Gasteiger partial charge in [-0.2, -0.15) is 9.97 Å². The van der Waals surface area contributed by atoms with Crippen molar-refractivity contribution in [2.75, 3.05) is 18.0 Å². The van der Waals surface area contributed by atoms with Crippen molar-refractivity contribution in [2.24, 2.45) is 5.92 Å². The minimum Gasteiger partial charge on any atom is -0.461 e. The van der Waals surface area contributed by atoms with Crippen LogP contribution < -0.4 is 9.64 Å². The van der Waals surface area contributed by atoms with Gasteiger partial charge in [-0.05, 0) is 32.6 Å². The molecule has 2 heterocycles. The van der Waals surface area contributed by atoms with Crippen molar-refractivity contribution in [2.45, 2.75) is 39.7 Å². The number of rotatable bonds is 3. The molecule has 0 aliphatic carbocycles. The highest BCUT2D eigenvalue weighted by molar-refractivity contribution is 6.29. The standard InChI is InChI=1S/C13H20ClN3O/c1-9(2)18-13-15-11(14)8-12(16-13)17-6-4-10(3)5-7-17/h8-10H,4-7H2,1-3H3. The lowest BCUT2D eigenvalue weighted by Gasteiger charge is -2.31. The summed E-state index contributed by atoms with van der Waals surface area (Å²) in [5.74, 6) is 1.67. The van der Waals surface area contributed by atoms with Crippen LogP contribution in [-0.2, 0) is 0 Å². The molecule has 0 unspecified atom stereocenters. The summed E-state index contributed by atoms with van der Waals surface area (Å²) in [6, 6.07) is 2.18. The van der Waals surface area contributed by atoms with Gasteiger partial charge >= 0.3 is 6.01 Å². The Bertz CT molecular complexity index is 403. The fraction of sp³-hybridized carbons (Fsp3) is 0.692. The molecule has 0 atom stereocenters. The molecule has 2 rings (SSSR count). The Hall–Kier alpha value is -1.03. The van der Waals surface area contributed by atoms with E-state index in [-0.39, 0.29) is 6.10 Å². The molecular weight excluding hydrogens is 250 g/mol. The summed E-state index contributed by atoms with van der Waals surface area (Å²) in [4.78, 5) is 10.8. The minimum atomic E-state index is 0.0534. The van der Waals surface area contributed by atoms with Gasteiger partial charge in [0.1, 0.15) is 11.0 Å². The maximum atomic E-state index is 6.02. The molecule has 1 aliphatic heterocycles. The molecule has 0 saturated carbocycles. The van der Waals surface area contributed by atoms with Crippen molar-refractivity contribution in [3.8, 4) is 6.01 Å². The van der Waals surface area contributed by atoms with E-state index < -0.39 is 0 Å². The topological polar surface area (TPSA) is 38.2 Å². The zero-order valence-corrected chi connectivity index (χ0v) is 11.9. The van der Waals surface area contributed by atoms with E-state index in [9.17, 15) is 0 Å². The fourth-order valence-corrected chi connectivity index (χ4v) is 2.22. The fourth-order valence-electron chi connectivity index (χ4n) is 2.05. The Labute approximate surface area is 113 Å². The third kappa shape index (κ3) is 3.48. The molecule has 100 valence electrons. The third-order valence-electron chi connectivity index (χ3n) is 3.11. The van der Waals surface area contributed by atoms with Gasteiger partial charge in [0, 0.05) is 19.2 Å². The Morgan fingerprint density at radius 2 is 2.00 bits per heavy atom. The number of anilines is 1. The molecule has 18 heavy (non-hydrogen) atoms. The molecule has 1 saturated heterocycles. The lowest BCUT2D eigenvalue weighted by Crippen LogP contribution is -2.33. The number of nitrogens with zero attached hydrogens (tertiary/aromatic N) is 3. The maximum absolute atomic E-state index is 6.02. The molecule has 0 amide bonds. The van der Waals surface area contributed by atoms with E-state index in [0.717, 1.165) is 24.8 Å². The van der Waals surface area contributed by atoms with Crippen molar-refractivity contribution >= 4 is 17.4 Å². The summed E-state index contributed by atoms with van der Waals surface area (Å²) in [5, 5.41) is 0.439. The molecule has 1 fully saturated rings. The van der Waals surface area contributed by atoms with Crippen LogP contribution in [0.2, 0.25) is 5.15 Å². The average Bonchev–Trinajstić information content (AvgIpc) is 2.28. The maximum Gasteiger partial charge on any atom is 0.320 e. The van der Waals surface area contributed by atoms with Crippen LogP contribution in [0.4, 0.5) is 5.82 Å². The number of piperidine rings is 1. The highest BCUT2D eigenvalue weighted by Crippen LogP contribution is 2.24. The quantitative estimate of drug-likeness (QED) is 0.790. The van der Waals surface area contributed by atoms with Gasteiger partial charge in [0.15, 0.2) is 0 Å². The number of aromatic nitrogens is 2. The summed E-state index contributed by atoms with van der Waals surface area (Å²) in [7, 11) is 0. The molecule has 1 aliphatic rings. The van der Waals surface area contributed by atoms with Crippen LogP contribution in [0.3, 0.4) is 0 Å². The minimum absolute atomic E-state index is 0.0534.